The van der Waals surface area contributed by atoms with Crippen molar-refractivity contribution in [2.24, 2.45) is 0 Å². The molecule has 82 valence electrons. The molecule has 0 bridgehead atoms. The van der Waals surface area contributed by atoms with E-state index in [1.54, 1.807) is 18.2 Å². The number of hydrogen-bond acceptors (Lipinski definition) is 4. The Morgan fingerprint density at radius 1 is 1.44 bits per heavy atom. The SMILES string of the molecule is CC(=O)c1nc(N)sc1-c1ccccc1F. The summed E-state index contributed by atoms with van der Waals surface area (Å²) in [5.41, 5.74) is 6.13. The number of nitrogen functional groups attached to an aromatic ring is 1. The van der Waals surface area contributed by atoms with Gasteiger partial charge in [0.05, 0.1) is 4.88 Å². The van der Waals surface area contributed by atoms with E-state index >= 15 is 0 Å². The van der Waals surface area contributed by atoms with E-state index in [9.17, 15) is 9.18 Å². The van der Waals surface area contributed by atoms with Gasteiger partial charge in [-0.15, -0.1) is 0 Å². The van der Waals surface area contributed by atoms with Crippen molar-refractivity contribution in [2.75, 3.05) is 5.73 Å². The van der Waals surface area contributed by atoms with Crippen LogP contribution in [0.5, 0.6) is 0 Å². The van der Waals surface area contributed by atoms with Crippen LogP contribution >= 0.6 is 11.3 Å². The third-order valence-electron chi connectivity index (χ3n) is 2.10. The number of carbonyl (C=O) groups is 1. The zero-order valence-electron chi connectivity index (χ0n) is 8.53. The van der Waals surface area contributed by atoms with Gasteiger partial charge in [0.25, 0.3) is 0 Å². The summed E-state index contributed by atoms with van der Waals surface area (Å²) in [5, 5.41) is 0.267. The Kier molecular flexibility index (Phi) is 2.70. The molecule has 1 heterocycles. The zero-order chi connectivity index (χ0) is 11.7. The minimum atomic E-state index is -0.381. The van der Waals surface area contributed by atoms with E-state index in [0.29, 0.717) is 10.4 Å². The Labute approximate surface area is 95.7 Å². The van der Waals surface area contributed by atoms with Crippen LogP contribution in [-0.2, 0) is 0 Å². The molecule has 2 N–H and O–H groups in total. The maximum Gasteiger partial charge on any atom is 0.181 e. The lowest BCUT2D eigenvalue weighted by molar-refractivity contribution is 0.101. The maximum atomic E-state index is 13.6. The number of nitrogens with zero attached hydrogens (tertiary/aromatic N) is 1. The predicted molar refractivity (Wildman–Crippen MR) is 61.9 cm³/mol. The van der Waals surface area contributed by atoms with Crippen LogP contribution in [0.4, 0.5) is 9.52 Å². The highest BCUT2D eigenvalue weighted by Crippen LogP contribution is 2.33. The second-order valence-corrected chi connectivity index (χ2v) is 4.30. The van der Waals surface area contributed by atoms with Crippen LogP contribution in [0.15, 0.2) is 24.3 Å². The van der Waals surface area contributed by atoms with Crippen molar-refractivity contribution in [1.29, 1.82) is 0 Å². The summed E-state index contributed by atoms with van der Waals surface area (Å²) in [5.74, 6) is -0.597. The van der Waals surface area contributed by atoms with Crippen molar-refractivity contribution in [3.8, 4) is 10.4 Å². The fourth-order valence-corrected chi connectivity index (χ4v) is 2.31. The largest absolute Gasteiger partial charge is 0.375 e. The molecule has 0 saturated heterocycles. The first-order chi connectivity index (χ1) is 7.59. The molecule has 5 heteroatoms. The number of rotatable bonds is 2. The Hall–Kier alpha value is -1.75. The maximum absolute atomic E-state index is 13.6. The fourth-order valence-electron chi connectivity index (χ4n) is 1.40. The van der Waals surface area contributed by atoms with E-state index < -0.39 is 0 Å². The molecule has 0 saturated carbocycles. The van der Waals surface area contributed by atoms with Gasteiger partial charge >= 0.3 is 0 Å². The number of ketones is 1. The minimum absolute atomic E-state index is 0.216. The van der Waals surface area contributed by atoms with Crippen LogP contribution in [0, 0.1) is 5.82 Å². The van der Waals surface area contributed by atoms with Gasteiger partial charge in [-0.2, -0.15) is 0 Å². The van der Waals surface area contributed by atoms with Crippen LogP contribution in [0.3, 0.4) is 0 Å². The number of Topliss-reactive ketones (excluding diaryl/α,β-unsaturated/α-hetero) is 1. The molecule has 0 aliphatic carbocycles. The summed E-state index contributed by atoms with van der Waals surface area (Å²) in [6, 6.07) is 6.25. The monoisotopic (exact) mass is 236 g/mol. The van der Waals surface area contributed by atoms with Crippen molar-refractivity contribution >= 4 is 22.3 Å². The van der Waals surface area contributed by atoms with Gasteiger partial charge in [0.2, 0.25) is 0 Å². The second-order valence-electron chi connectivity index (χ2n) is 3.27. The number of carbonyl (C=O) groups excluding carboxylic acids is 1. The molecule has 2 aromatic rings. The van der Waals surface area contributed by atoms with Gasteiger partial charge in [-0.1, -0.05) is 29.5 Å². The number of thiazole rings is 1. The molecule has 0 spiro atoms. The average Bonchev–Trinajstić information content (AvgIpc) is 2.61. The molecule has 1 aromatic heterocycles. The van der Waals surface area contributed by atoms with Crippen LogP contribution in [0.25, 0.3) is 10.4 Å². The molecular weight excluding hydrogens is 227 g/mol. The summed E-state index contributed by atoms with van der Waals surface area (Å²) in [6.07, 6.45) is 0. The van der Waals surface area contributed by atoms with E-state index in [-0.39, 0.29) is 22.4 Å². The number of anilines is 1. The Balaban J connectivity index is 2.64. The standard InChI is InChI=1S/C11H9FN2OS/c1-6(15)9-10(16-11(13)14-9)7-4-2-3-5-8(7)12/h2-5H,1H3,(H2,13,14). The molecule has 3 nitrogen and oxygen atoms in total. The molecule has 0 radical (unpaired) electrons. The summed E-state index contributed by atoms with van der Waals surface area (Å²) in [7, 11) is 0. The lowest BCUT2D eigenvalue weighted by Gasteiger charge is -2.00. The molecule has 0 unspecified atom stereocenters. The van der Waals surface area contributed by atoms with Gasteiger partial charge in [0.15, 0.2) is 10.9 Å². The Morgan fingerprint density at radius 2 is 2.12 bits per heavy atom. The second kappa shape index (κ2) is 4.02. The molecule has 1 aromatic carbocycles. The van der Waals surface area contributed by atoms with Crippen molar-refractivity contribution < 1.29 is 9.18 Å². The molecule has 0 amide bonds. The lowest BCUT2D eigenvalue weighted by Crippen LogP contribution is -1.96. The number of benzene rings is 1. The van der Waals surface area contributed by atoms with E-state index in [0.717, 1.165) is 11.3 Å². The minimum Gasteiger partial charge on any atom is -0.375 e. The Bertz CT molecular complexity index is 551. The lowest BCUT2D eigenvalue weighted by atomic mass is 10.1. The molecule has 0 aliphatic heterocycles. The third kappa shape index (κ3) is 1.81. The number of halogens is 1. The number of hydrogen-bond donors (Lipinski definition) is 1. The van der Waals surface area contributed by atoms with E-state index in [2.05, 4.69) is 4.98 Å². The molecule has 0 fully saturated rings. The molecule has 0 atom stereocenters. The van der Waals surface area contributed by atoms with Gasteiger partial charge in [0.1, 0.15) is 11.5 Å². The van der Waals surface area contributed by atoms with E-state index in [1.807, 2.05) is 0 Å². The normalized spacial score (nSPS) is 10.4. The highest BCUT2D eigenvalue weighted by molar-refractivity contribution is 7.19. The first-order valence-electron chi connectivity index (χ1n) is 4.61. The number of aromatic nitrogens is 1. The predicted octanol–water partition coefficient (Wildman–Crippen LogP) is 2.73. The summed E-state index contributed by atoms with van der Waals surface area (Å²) >= 11 is 1.12. The zero-order valence-corrected chi connectivity index (χ0v) is 9.34. The van der Waals surface area contributed by atoms with E-state index in [4.69, 9.17) is 5.73 Å². The van der Waals surface area contributed by atoms with Crippen molar-refractivity contribution in [1.82, 2.24) is 4.98 Å². The number of nitrogens with two attached hydrogens (primary N) is 1. The Morgan fingerprint density at radius 3 is 2.75 bits per heavy atom. The molecule has 16 heavy (non-hydrogen) atoms. The van der Waals surface area contributed by atoms with Crippen LogP contribution in [0.1, 0.15) is 17.4 Å². The van der Waals surface area contributed by atoms with Gasteiger partial charge in [0, 0.05) is 12.5 Å². The summed E-state index contributed by atoms with van der Waals surface area (Å²) in [4.78, 5) is 15.7. The first kappa shape index (κ1) is 10.8. The van der Waals surface area contributed by atoms with E-state index in [1.165, 1.54) is 13.0 Å². The summed E-state index contributed by atoms with van der Waals surface area (Å²) in [6.45, 7) is 1.39. The highest BCUT2D eigenvalue weighted by atomic mass is 32.1. The third-order valence-corrected chi connectivity index (χ3v) is 3.01. The highest BCUT2D eigenvalue weighted by Gasteiger charge is 2.17. The topological polar surface area (TPSA) is 56.0 Å². The smallest absolute Gasteiger partial charge is 0.181 e. The van der Waals surface area contributed by atoms with Crippen molar-refractivity contribution in [3.63, 3.8) is 0 Å². The van der Waals surface area contributed by atoms with Crippen LogP contribution < -0.4 is 5.73 Å². The van der Waals surface area contributed by atoms with Gasteiger partial charge in [-0.25, -0.2) is 9.37 Å². The van der Waals surface area contributed by atoms with Gasteiger partial charge in [-0.05, 0) is 6.07 Å². The van der Waals surface area contributed by atoms with Crippen molar-refractivity contribution in [3.05, 3.63) is 35.8 Å². The fraction of sp³-hybridized carbons (Fsp3) is 0.0909. The summed E-state index contributed by atoms with van der Waals surface area (Å²) < 4.78 is 13.6. The molecular formula is C11H9FN2OS. The average molecular weight is 236 g/mol. The van der Waals surface area contributed by atoms with Crippen LogP contribution in [0.2, 0.25) is 0 Å². The quantitative estimate of drug-likeness (QED) is 0.816. The van der Waals surface area contributed by atoms with Crippen LogP contribution in [-0.4, -0.2) is 10.8 Å². The first-order valence-corrected chi connectivity index (χ1v) is 5.43. The van der Waals surface area contributed by atoms with Gasteiger partial charge in [-0.3, -0.25) is 4.79 Å². The molecule has 0 aliphatic rings. The van der Waals surface area contributed by atoms with Gasteiger partial charge < -0.3 is 5.73 Å². The molecule has 2 rings (SSSR count). The van der Waals surface area contributed by atoms with Crippen molar-refractivity contribution in [2.45, 2.75) is 6.92 Å².